The lowest BCUT2D eigenvalue weighted by atomic mass is 9.96. The standard InChI is InChI=1S/C23H27N3O2/c1-25-11-13-26(14-12-25)15-16-27-24-22-19-9-5-6-10-21(19)28-23(17-20(22)23)18-7-3-2-4-8-18/h2-10,20H,11-17H2,1H3. The summed E-state index contributed by atoms with van der Waals surface area (Å²) in [4.78, 5) is 10.6. The summed E-state index contributed by atoms with van der Waals surface area (Å²) in [7, 11) is 2.18. The minimum absolute atomic E-state index is 0.258. The zero-order valence-corrected chi connectivity index (χ0v) is 16.4. The molecule has 0 bridgehead atoms. The first kappa shape index (κ1) is 17.7. The van der Waals surface area contributed by atoms with Crippen molar-refractivity contribution in [3.63, 3.8) is 0 Å². The second kappa shape index (κ2) is 7.22. The molecule has 0 amide bonds. The topological polar surface area (TPSA) is 37.3 Å². The van der Waals surface area contributed by atoms with Crippen molar-refractivity contribution < 1.29 is 9.57 Å². The molecule has 0 N–H and O–H groups in total. The minimum Gasteiger partial charge on any atom is -0.481 e. The van der Waals surface area contributed by atoms with E-state index in [1.165, 1.54) is 5.56 Å². The molecule has 2 aliphatic heterocycles. The third-order valence-corrected chi connectivity index (χ3v) is 6.22. The molecular weight excluding hydrogens is 350 g/mol. The van der Waals surface area contributed by atoms with Gasteiger partial charge in [0.05, 0.1) is 11.6 Å². The lowest BCUT2D eigenvalue weighted by Gasteiger charge is -2.31. The summed E-state index contributed by atoms with van der Waals surface area (Å²) < 4.78 is 6.47. The van der Waals surface area contributed by atoms with Crippen molar-refractivity contribution in [1.82, 2.24) is 9.80 Å². The fourth-order valence-corrected chi connectivity index (χ4v) is 4.39. The molecule has 2 fully saturated rings. The molecule has 28 heavy (non-hydrogen) atoms. The molecule has 5 nitrogen and oxygen atoms in total. The highest BCUT2D eigenvalue weighted by atomic mass is 16.6. The Morgan fingerprint density at radius 3 is 2.61 bits per heavy atom. The van der Waals surface area contributed by atoms with Crippen LogP contribution in [0.1, 0.15) is 17.5 Å². The quantitative estimate of drug-likeness (QED) is 0.593. The number of para-hydroxylation sites is 1. The molecule has 3 aliphatic rings. The van der Waals surface area contributed by atoms with E-state index in [9.17, 15) is 0 Å². The number of nitrogens with zero attached hydrogens (tertiary/aromatic N) is 3. The molecule has 2 aromatic carbocycles. The highest BCUT2D eigenvalue weighted by Crippen LogP contribution is 2.60. The molecule has 5 heteroatoms. The summed E-state index contributed by atoms with van der Waals surface area (Å²) >= 11 is 0. The first-order chi connectivity index (χ1) is 13.8. The van der Waals surface area contributed by atoms with Gasteiger partial charge in [-0.2, -0.15) is 0 Å². The van der Waals surface area contributed by atoms with E-state index in [-0.39, 0.29) is 11.5 Å². The monoisotopic (exact) mass is 377 g/mol. The van der Waals surface area contributed by atoms with Crippen molar-refractivity contribution in [3.8, 4) is 5.75 Å². The van der Waals surface area contributed by atoms with E-state index in [1.54, 1.807) is 0 Å². The molecule has 2 aromatic rings. The van der Waals surface area contributed by atoms with Gasteiger partial charge in [0.25, 0.3) is 0 Å². The number of benzene rings is 2. The van der Waals surface area contributed by atoms with E-state index < -0.39 is 0 Å². The number of hydrogen-bond acceptors (Lipinski definition) is 5. The van der Waals surface area contributed by atoms with E-state index in [1.807, 2.05) is 24.3 Å². The van der Waals surface area contributed by atoms with Gasteiger partial charge in [-0.05, 0) is 24.7 Å². The normalized spacial score (nSPS) is 28.3. The van der Waals surface area contributed by atoms with Gasteiger partial charge in [-0.15, -0.1) is 0 Å². The molecule has 0 aromatic heterocycles. The van der Waals surface area contributed by atoms with Crippen LogP contribution in [-0.2, 0) is 10.4 Å². The third-order valence-electron chi connectivity index (χ3n) is 6.22. The van der Waals surface area contributed by atoms with Crippen LogP contribution < -0.4 is 4.74 Å². The molecule has 0 radical (unpaired) electrons. The van der Waals surface area contributed by atoms with Crippen LogP contribution in [0, 0.1) is 5.92 Å². The van der Waals surface area contributed by atoms with E-state index in [2.05, 4.69) is 52.3 Å². The predicted molar refractivity (Wildman–Crippen MR) is 110 cm³/mol. The average molecular weight is 377 g/mol. The predicted octanol–water partition coefficient (Wildman–Crippen LogP) is 2.96. The zero-order chi connectivity index (χ0) is 19.0. The largest absolute Gasteiger partial charge is 0.481 e. The van der Waals surface area contributed by atoms with E-state index >= 15 is 0 Å². The lowest BCUT2D eigenvalue weighted by molar-refractivity contribution is 0.0846. The van der Waals surface area contributed by atoms with Crippen LogP contribution in [0.5, 0.6) is 5.75 Å². The summed E-state index contributed by atoms with van der Waals surface area (Å²) in [6.07, 6.45) is 0.951. The first-order valence-electron chi connectivity index (χ1n) is 10.2. The summed E-state index contributed by atoms with van der Waals surface area (Å²) in [6, 6.07) is 18.7. The maximum atomic E-state index is 6.47. The molecular formula is C23H27N3O2. The van der Waals surface area contributed by atoms with E-state index in [0.717, 1.165) is 56.2 Å². The van der Waals surface area contributed by atoms with E-state index in [4.69, 9.17) is 9.57 Å². The Morgan fingerprint density at radius 2 is 1.79 bits per heavy atom. The fraction of sp³-hybridized carbons (Fsp3) is 0.435. The Bertz CT molecular complexity index is 861. The zero-order valence-electron chi connectivity index (χ0n) is 16.4. The van der Waals surface area contributed by atoms with Gasteiger partial charge in [0.15, 0.2) is 0 Å². The van der Waals surface area contributed by atoms with Crippen LogP contribution in [0.3, 0.4) is 0 Å². The van der Waals surface area contributed by atoms with Gasteiger partial charge in [-0.1, -0.05) is 47.6 Å². The van der Waals surface area contributed by atoms with Crippen LogP contribution in [-0.4, -0.2) is 61.9 Å². The van der Waals surface area contributed by atoms with Crippen LogP contribution in [0.15, 0.2) is 59.8 Å². The Balaban J connectivity index is 1.31. The molecule has 146 valence electrons. The van der Waals surface area contributed by atoms with Crippen molar-refractivity contribution in [1.29, 1.82) is 0 Å². The molecule has 5 rings (SSSR count). The second-order valence-electron chi connectivity index (χ2n) is 8.07. The fourth-order valence-electron chi connectivity index (χ4n) is 4.39. The molecule has 2 atom stereocenters. The van der Waals surface area contributed by atoms with E-state index in [0.29, 0.717) is 6.61 Å². The third kappa shape index (κ3) is 3.19. The molecule has 0 spiro atoms. The van der Waals surface area contributed by atoms with Gasteiger partial charge in [0, 0.05) is 44.7 Å². The summed E-state index contributed by atoms with van der Waals surface area (Å²) in [5, 5.41) is 4.62. The number of likely N-dealkylation sites (N-methyl/N-ethyl adjacent to an activating group) is 1. The van der Waals surface area contributed by atoms with Gasteiger partial charge in [-0.25, -0.2) is 0 Å². The van der Waals surface area contributed by atoms with Crippen LogP contribution in [0.4, 0.5) is 0 Å². The maximum absolute atomic E-state index is 6.47. The van der Waals surface area contributed by atoms with Crippen molar-refractivity contribution >= 4 is 5.71 Å². The number of rotatable bonds is 5. The van der Waals surface area contributed by atoms with Crippen LogP contribution >= 0.6 is 0 Å². The Labute approximate surface area is 166 Å². The lowest BCUT2D eigenvalue weighted by Crippen LogP contribution is -2.45. The smallest absolute Gasteiger partial charge is 0.143 e. The van der Waals surface area contributed by atoms with Gasteiger partial charge in [-0.3, -0.25) is 4.90 Å². The Kier molecular flexibility index (Phi) is 4.57. The van der Waals surface area contributed by atoms with Crippen LogP contribution in [0.2, 0.25) is 0 Å². The number of ether oxygens (including phenoxy) is 1. The molecule has 2 heterocycles. The second-order valence-corrected chi connectivity index (χ2v) is 8.07. The highest BCUT2D eigenvalue weighted by molar-refractivity contribution is 6.08. The van der Waals surface area contributed by atoms with Gasteiger partial charge in [0.1, 0.15) is 18.0 Å². The molecule has 1 saturated heterocycles. The number of fused-ring (bicyclic) bond motifs is 2. The van der Waals surface area contributed by atoms with Crippen molar-refractivity contribution in [2.24, 2.45) is 11.1 Å². The molecule has 1 aliphatic carbocycles. The summed E-state index contributed by atoms with van der Waals surface area (Å²) in [6.45, 7) is 6.01. The number of piperazine rings is 1. The molecule has 2 unspecified atom stereocenters. The highest BCUT2D eigenvalue weighted by Gasteiger charge is 2.64. The maximum Gasteiger partial charge on any atom is 0.143 e. The summed E-state index contributed by atoms with van der Waals surface area (Å²) in [5.74, 6) is 1.16. The Hall–Kier alpha value is -2.37. The summed E-state index contributed by atoms with van der Waals surface area (Å²) in [5.41, 5.74) is 3.04. The minimum atomic E-state index is -0.282. The first-order valence-corrected chi connectivity index (χ1v) is 10.2. The van der Waals surface area contributed by atoms with Crippen molar-refractivity contribution in [3.05, 3.63) is 65.7 Å². The average Bonchev–Trinajstić information content (AvgIpc) is 3.48. The SMILES string of the molecule is CN1CCN(CCON=C2c3ccccc3OC3(c4ccccc4)CC23)CC1. The van der Waals surface area contributed by atoms with Gasteiger partial charge >= 0.3 is 0 Å². The van der Waals surface area contributed by atoms with Gasteiger partial charge in [0.2, 0.25) is 0 Å². The van der Waals surface area contributed by atoms with Crippen molar-refractivity contribution in [2.75, 3.05) is 46.4 Å². The van der Waals surface area contributed by atoms with Crippen molar-refractivity contribution in [2.45, 2.75) is 12.0 Å². The van der Waals surface area contributed by atoms with Gasteiger partial charge < -0.3 is 14.5 Å². The number of hydrogen-bond donors (Lipinski definition) is 0. The molecule has 1 saturated carbocycles. The Morgan fingerprint density at radius 1 is 1.04 bits per heavy atom. The van der Waals surface area contributed by atoms with Crippen LogP contribution in [0.25, 0.3) is 0 Å². The number of oxime groups is 1.